The van der Waals surface area contributed by atoms with Crippen molar-refractivity contribution in [3.05, 3.63) is 48.2 Å². The van der Waals surface area contributed by atoms with Gasteiger partial charge in [-0.2, -0.15) is 0 Å². The monoisotopic (exact) mass is 398 g/mol. The third-order valence-electron chi connectivity index (χ3n) is 5.19. The number of hydrogen-bond donors (Lipinski definition) is 3. The number of piperidine rings is 1. The Morgan fingerprint density at radius 2 is 2.21 bits per heavy atom. The SMILES string of the molecule is COc1ccc(NC(=O)NC2CCN(C)C(c3nc4ccc(F)cc4[nH]3)C2)cn1. The highest BCUT2D eigenvalue weighted by Crippen LogP contribution is 2.29. The summed E-state index contributed by atoms with van der Waals surface area (Å²) in [4.78, 5) is 26.5. The minimum atomic E-state index is -0.297. The summed E-state index contributed by atoms with van der Waals surface area (Å²) in [5.41, 5.74) is 2.00. The maximum absolute atomic E-state index is 13.5. The molecule has 8 nitrogen and oxygen atoms in total. The van der Waals surface area contributed by atoms with Gasteiger partial charge in [0, 0.05) is 18.7 Å². The predicted molar refractivity (Wildman–Crippen MR) is 107 cm³/mol. The fraction of sp³-hybridized carbons (Fsp3) is 0.350. The number of aromatic nitrogens is 3. The van der Waals surface area contributed by atoms with E-state index in [2.05, 4.69) is 30.5 Å². The highest BCUT2D eigenvalue weighted by atomic mass is 19.1. The van der Waals surface area contributed by atoms with E-state index in [1.165, 1.54) is 19.2 Å². The smallest absolute Gasteiger partial charge is 0.319 e. The van der Waals surface area contributed by atoms with Crippen molar-refractivity contribution in [2.45, 2.75) is 24.9 Å². The Balaban J connectivity index is 1.41. The van der Waals surface area contributed by atoms with Gasteiger partial charge in [0.15, 0.2) is 0 Å². The second-order valence-corrected chi connectivity index (χ2v) is 7.19. The highest BCUT2D eigenvalue weighted by Gasteiger charge is 2.30. The summed E-state index contributed by atoms with van der Waals surface area (Å²) in [5, 5.41) is 5.81. The zero-order chi connectivity index (χ0) is 20.4. The number of halogens is 1. The quantitative estimate of drug-likeness (QED) is 0.628. The lowest BCUT2D eigenvalue weighted by atomic mass is 9.97. The lowest BCUT2D eigenvalue weighted by molar-refractivity contribution is 0.153. The molecule has 1 aliphatic heterocycles. The Labute approximate surface area is 167 Å². The van der Waals surface area contributed by atoms with E-state index in [4.69, 9.17) is 4.74 Å². The number of imidazole rings is 1. The van der Waals surface area contributed by atoms with Gasteiger partial charge in [-0.1, -0.05) is 0 Å². The van der Waals surface area contributed by atoms with Crippen LogP contribution in [0.25, 0.3) is 11.0 Å². The van der Waals surface area contributed by atoms with E-state index in [0.29, 0.717) is 23.5 Å². The minimum Gasteiger partial charge on any atom is -0.481 e. The first-order valence-corrected chi connectivity index (χ1v) is 9.45. The molecular weight excluding hydrogens is 375 g/mol. The van der Waals surface area contributed by atoms with Crippen molar-refractivity contribution in [3.63, 3.8) is 0 Å². The van der Waals surface area contributed by atoms with Crippen molar-refractivity contribution in [1.29, 1.82) is 0 Å². The van der Waals surface area contributed by atoms with Crippen molar-refractivity contribution in [2.24, 2.45) is 0 Å². The number of nitrogens with zero attached hydrogens (tertiary/aromatic N) is 3. The van der Waals surface area contributed by atoms with Crippen LogP contribution in [0.3, 0.4) is 0 Å². The van der Waals surface area contributed by atoms with Crippen molar-refractivity contribution >= 4 is 22.8 Å². The van der Waals surface area contributed by atoms with Crippen LogP contribution in [0.5, 0.6) is 5.88 Å². The molecule has 1 aromatic carbocycles. The molecule has 0 bridgehead atoms. The largest absolute Gasteiger partial charge is 0.481 e. The summed E-state index contributed by atoms with van der Waals surface area (Å²) in [6, 6.07) is 7.65. The number of carbonyl (C=O) groups is 1. The minimum absolute atomic E-state index is 0.00663. The van der Waals surface area contributed by atoms with Gasteiger partial charge in [-0.3, -0.25) is 4.90 Å². The number of anilines is 1. The van der Waals surface area contributed by atoms with Gasteiger partial charge in [-0.25, -0.2) is 19.2 Å². The average molecular weight is 398 g/mol. The van der Waals surface area contributed by atoms with Crippen LogP contribution in [0.1, 0.15) is 24.7 Å². The molecule has 0 radical (unpaired) electrons. The van der Waals surface area contributed by atoms with Crippen LogP contribution in [0.4, 0.5) is 14.9 Å². The van der Waals surface area contributed by atoms with Crippen LogP contribution in [0.2, 0.25) is 0 Å². The molecule has 0 spiro atoms. The summed E-state index contributed by atoms with van der Waals surface area (Å²) < 4.78 is 18.5. The number of carbonyl (C=O) groups excluding carboxylic acids is 1. The Morgan fingerprint density at radius 1 is 1.34 bits per heavy atom. The van der Waals surface area contributed by atoms with Gasteiger partial charge in [0.05, 0.1) is 36.1 Å². The van der Waals surface area contributed by atoms with Crippen LogP contribution in [0, 0.1) is 5.82 Å². The van der Waals surface area contributed by atoms with Crippen LogP contribution < -0.4 is 15.4 Å². The summed E-state index contributed by atoms with van der Waals surface area (Å²) in [5.74, 6) is 0.966. The summed E-state index contributed by atoms with van der Waals surface area (Å²) in [6.45, 7) is 0.811. The van der Waals surface area contributed by atoms with Crippen molar-refractivity contribution in [2.75, 3.05) is 26.0 Å². The van der Waals surface area contributed by atoms with E-state index < -0.39 is 0 Å². The van der Waals surface area contributed by atoms with Crippen LogP contribution in [0.15, 0.2) is 36.5 Å². The number of hydrogen-bond acceptors (Lipinski definition) is 5. The highest BCUT2D eigenvalue weighted by molar-refractivity contribution is 5.89. The second kappa shape index (κ2) is 8.04. The van der Waals surface area contributed by atoms with Crippen molar-refractivity contribution in [3.8, 4) is 5.88 Å². The van der Waals surface area contributed by atoms with E-state index in [-0.39, 0.29) is 23.9 Å². The number of rotatable bonds is 4. The topological polar surface area (TPSA) is 95.2 Å². The molecule has 1 aliphatic rings. The van der Waals surface area contributed by atoms with Crippen molar-refractivity contribution < 1.29 is 13.9 Å². The number of aromatic amines is 1. The number of amides is 2. The number of H-pyrrole nitrogens is 1. The number of nitrogens with one attached hydrogen (secondary N) is 3. The standard InChI is InChI=1S/C20H23FN6O2/c1-27-8-7-13(23-20(28)24-14-4-6-18(29-2)22-11-14)10-17(27)19-25-15-5-3-12(21)9-16(15)26-19/h3-6,9,11,13,17H,7-8,10H2,1-2H3,(H,25,26)(H2,23,24,28). The Morgan fingerprint density at radius 3 is 2.97 bits per heavy atom. The van der Waals surface area contributed by atoms with Gasteiger partial charge in [0.2, 0.25) is 5.88 Å². The molecule has 152 valence electrons. The van der Waals surface area contributed by atoms with Gasteiger partial charge in [0.25, 0.3) is 0 Å². The van der Waals surface area contributed by atoms with E-state index in [9.17, 15) is 9.18 Å². The average Bonchev–Trinajstić information content (AvgIpc) is 3.13. The molecule has 1 saturated heterocycles. The van der Waals surface area contributed by atoms with Crippen molar-refractivity contribution in [1.82, 2.24) is 25.2 Å². The molecule has 0 saturated carbocycles. The number of likely N-dealkylation sites (tertiary alicyclic amines) is 1. The van der Waals surface area contributed by atoms with Gasteiger partial charge in [-0.15, -0.1) is 0 Å². The lowest BCUT2D eigenvalue weighted by Crippen LogP contribution is -2.46. The lowest BCUT2D eigenvalue weighted by Gasteiger charge is -2.36. The first kappa shape index (κ1) is 19.1. The third-order valence-corrected chi connectivity index (χ3v) is 5.19. The van der Waals surface area contributed by atoms with Crippen LogP contribution in [-0.4, -0.2) is 52.6 Å². The maximum Gasteiger partial charge on any atom is 0.319 e. The second-order valence-electron chi connectivity index (χ2n) is 7.19. The molecule has 0 aliphatic carbocycles. The van der Waals surface area contributed by atoms with Gasteiger partial charge >= 0.3 is 6.03 Å². The molecule has 2 unspecified atom stereocenters. The summed E-state index contributed by atoms with van der Waals surface area (Å²) in [7, 11) is 3.56. The van der Waals surface area contributed by atoms with Crippen LogP contribution >= 0.6 is 0 Å². The molecule has 2 atom stereocenters. The number of urea groups is 1. The number of ether oxygens (including phenoxy) is 1. The summed E-state index contributed by atoms with van der Waals surface area (Å²) >= 11 is 0. The first-order valence-electron chi connectivity index (χ1n) is 9.45. The number of benzene rings is 1. The molecular formula is C20H23FN6O2. The number of fused-ring (bicyclic) bond motifs is 1. The van der Waals surface area contributed by atoms with Gasteiger partial charge in [0.1, 0.15) is 11.6 Å². The van der Waals surface area contributed by atoms with Crippen LogP contribution in [-0.2, 0) is 0 Å². The van der Waals surface area contributed by atoms with Gasteiger partial charge in [-0.05, 0) is 44.2 Å². The molecule has 1 fully saturated rings. The number of methoxy groups -OCH3 is 1. The zero-order valence-electron chi connectivity index (χ0n) is 16.3. The molecule has 2 aromatic heterocycles. The molecule has 3 aromatic rings. The zero-order valence-corrected chi connectivity index (χ0v) is 16.3. The Bertz CT molecular complexity index is 1010. The predicted octanol–water partition coefficient (Wildman–Crippen LogP) is 3.06. The van der Waals surface area contributed by atoms with E-state index >= 15 is 0 Å². The van der Waals surface area contributed by atoms with E-state index in [0.717, 1.165) is 24.3 Å². The molecule has 3 heterocycles. The molecule has 9 heteroatoms. The Kier molecular flexibility index (Phi) is 5.30. The maximum atomic E-state index is 13.5. The molecule has 4 rings (SSSR count). The third kappa shape index (κ3) is 4.29. The number of pyridine rings is 1. The Hall–Kier alpha value is -3.20. The van der Waals surface area contributed by atoms with Gasteiger partial charge < -0.3 is 20.4 Å². The fourth-order valence-electron chi connectivity index (χ4n) is 3.62. The summed E-state index contributed by atoms with van der Waals surface area (Å²) in [6.07, 6.45) is 3.08. The fourth-order valence-corrected chi connectivity index (χ4v) is 3.62. The van der Waals surface area contributed by atoms with E-state index in [1.807, 2.05) is 7.05 Å². The molecule has 2 amide bonds. The first-order chi connectivity index (χ1) is 14.0. The normalized spacial score (nSPS) is 19.8. The van der Waals surface area contributed by atoms with E-state index in [1.54, 1.807) is 24.4 Å². The molecule has 29 heavy (non-hydrogen) atoms. The molecule has 3 N–H and O–H groups in total.